The molecule has 110 valence electrons. The van der Waals surface area contributed by atoms with Gasteiger partial charge < -0.3 is 14.6 Å². The molecule has 8 heteroatoms. The van der Waals surface area contributed by atoms with E-state index < -0.39 is 17.0 Å². The highest BCUT2D eigenvalue weighted by Gasteiger charge is 2.18. The Morgan fingerprint density at radius 1 is 1.55 bits per heavy atom. The lowest BCUT2D eigenvalue weighted by molar-refractivity contribution is -0.385. The molecule has 0 saturated carbocycles. The molecule has 0 heterocycles. The average molecular weight is 348 g/mol. The minimum Gasteiger partial charge on any atom is -0.492 e. The molecule has 1 rings (SSSR count). The number of nitro groups is 1. The Bertz CT molecular complexity index is 493. The molecule has 7 nitrogen and oxygen atoms in total. The molecule has 0 aliphatic rings. The zero-order chi connectivity index (χ0) is 15.1. The van der Waals surface area contributed by atoms with E-state index in [9.17, 15) is 14.9 Å². The monoisotopic (exact) mass is 347 g/mol. The van der Waals surface area contributed by atoms with Crippen molar-refractivity contribution in [1.82, 2.24) is 0 Å². The molecule has 0 aliphatic heterocycles. The molecular formula is C12H14BrNO6. The van der Waals surface area contributed by atoms with Gasteiger partial charge in [-0.3, -0.25) is 10.1 Å². The first-order valence-corrected chi connectivity index (χ1v) is 6.66. The summed E-state index contributed by atoms with van der Waals surface area (Å²) in [6.07, 6.45) is -0.796. The molecule has 0 aliphatic carbocycles. The summed E-state index contributed by atoms with van der Waals surface area (Å²) >= 11 is 3.21. The van der Waals surface area contributed by atoms with Gasteiger partial charge in [-0.15, -0.1) is 0 Å². The molecule has 0 amide bonds. The van der Waals surface area contributed by atoms with Crippen LogP contribution in [0.2, 0.25) is 0 Å². The number of benzene rings is 1. The number of rotatable bonds is 8. The first-order chi connectivity index (χ1) is 9.45. The Labute approximate surface area is 123 Å². The number of hydrogen-bond donors (Lipinski definition) is 1. The topological polar surface area (TPSA) is 98.9 Å². The van der Waals surface area contributed by atoms with Gasteiger partial charge in [-0.2, -0.15) is 0 Å². The molecule has 0 bridgehead atoms. The summed E-state index contributed by atoms with van der Waals surface area (Å²) in [4.78, 5) is 21.0. The molecule has 1 aromatic rings. The van der Waals surface area contributed by atoms with Gasteiger partial charge in [0, 0.05) is 19.1 Å². The number of ether oxygens (including phenoxy) is 2. The van der Waals surface area contributed by atoms with Crippen molar-refractivity contribution in [3.8, 4) is 5.75 Å². The number of nitrogens with zero attached hydrogens (tertiary/aromatic N) is 1. The van der Waals surface area contributed by atoms with E-state index in [1.165, 1.54) is 18.2 Å². The van der Waals surface area contributed by atoms with Gasteiger partial charge in [-0.25, -0.2) is 4.79 Å². The number of halogens is 1. The van der Waals surface area contributed by atoms with Crippen LogP contribution in [0.3, 0.4) is 0 Å². The van der Waals surface area contributed by atoms with Crippen LogP contribution in [0.1, 0.15) is 13.3 Å². The van der Waals surface area contributed by atoms with Crippen LogP contribution in [0.5, 0.6) is 5.75 Å². The fourth-order valence-electron chi connectivity index (χ4n) is 1.47. The van der Waals surface area contributed by atoms with Crippen molar-refractivity contribution in [3.05, 3.63) is 32.8 Å². The number of carboxylic acids is 1. The first-order valence-electron chi connectivity index (χ1n) is 5.86. The second-order valence-electron chi connectivity index (χ2n) is 3.79. The van der Waals surface area contributed by atoms with Gasteiger partial charge in [0.25, 0.3) is 5.69 Å². The van der Waals surface area contributed by atoms with E-state index in [1.807, 2.05) is 0 Å². The predicted octanol–water partition coefficient (Wildman–Crippen LogP) is 2.62. The van der Waals surface area contributed by atoms with Gasteiger partial charge in [0.05, 0.1) is 22.1 Å². The van der Waals surface area contributed by atoms with Crippen LogP contribution in [-0.2, 0) is 9.53 Å². The van der Waals surface area contributed by atoms with Crippen molar-refractivity contribution in [2.75, 3.05) is 13.2 Å². The maximum absolute atomic E-state index is 10.9. The molecular weight excluding hydrogens is 334 g/mol. The van der Waals surface area contributed by atoms with Crippen LogP contribution in [0.15, 0.2) is 22.7 Å². The third-order valence-electron chi connectivity index (χ3n) is 2.41. The van der Waals surface area contributed by atoms with E-state index in [-0.39, 0.29) is 25.3 Å². The smallest absolute Gasteiger partial charge is 0.332 e. The Kier molecular flexibility index (Phi) is 6.40. The number of aliphatic carboxylic acids is 1. The lowest BCUT2D eigenvalue weighted by Gasteiger charge is -2.13. The molecule has 0 radical (unpaired) electrons. The quantitative estimate of drug-likeness (QED) is 0.573. The van der Waals surface area contributed by atoms with Crippen molar-refractivity contribution in [2.45, 2.75) is 19.4 Å². The summed E-state index contributed by atoms with van der Waals surface area (Å²) in [5, 5.41) is 19.6. The Hall–Kier alpha value is -1.67. The highest BCUT2D eigenvalue weighted by molar-refractivity contribution is 9.10. The number of non-ortho nitro benzene ring substituents is 1. The summed E-state index contributed by atoms with van der Waals surface area (Å²) in [7, 11) is 0. The van der Waals surface area contributed by atoms with E-state index >= 15 is 0 Å². The van der Waals surface area contributed by atoms with E-state index in [2.05, 4.69) is 15.9 Å². The van der Waals surface area contributed by atoms with Crippen LogP contribution < -0.4 is 4.74 Å². The number of hydrogen-bond acceptors (Lipinski definition) is 5. The predicted molar refractivity (Wildman–Crippen MR) is 74.0 cm³/mol. The standard InChI is InChI=1S/C12H14BrNO6/c1-2-19-10(12(15)16)5-6-20-11-7-8(14(17)18)3-4-9(11)13/h3-4,7,10H,2,5-6H2,1H3,(H,15,16). The molecule has 0 aromatic heterocycles. The largest absolute Gasteiger partial charge is 0.492 e. The van der Waals surface area contributed by atoms with E-state index in [0.717, 1.165) is 0 Å². The van der Waals surface area contributed by atoms with Crippen molar-refractivity contribution < 1.29 is 24.3 Å². The summed E-state index contributed by atoms with van der Waals surface area (Å²) in [6.45, 7) is 2.07. The van der Waals surface area contributed by atoms with Crippen LogP contribution >= 0.6 is 15.9 Å². The van der Waals surface area contributed by atoms with Crippen LogP contribution in [0.4, 0.5) is 5.69 Å². The van der Waals surface area contributed by atoms with Crippen LogP contribution in [0, 0.1) is 10.1 Å². The summed E-state index contributed by atoms with van der Waals surface area (Å²) in [5.74, 6) is -0.770. The minimum atomic E-state index is -1.06. The van der Waals surface area contributed by atoms with Crippen LogP contribution in [0.25, 0.3) is 0 Å². The number of nitro benzene ring substituents is 1. The summed E-state index contributed by atoms with van der Waals surface area (Å²) < 4.78 is 11.0. The fraction of sp³-hybridized carbons (Fsp3) is 0.417. The lowest BCUT2D eigenvalue weighted by Crippen LogP contribution is -2.26. The van der Waals surface area contributed by atoms with Crippen molar-refractivity contribution >= 4 is 27.6 Å². The third-order valence-corrected chi connectivity index (χ3v) is 3.06. The minimum absolute atomic E-state index is 0.0801. The highest BCUT2D eigenvalue weighted by Crippen LogP contribution is 2.29. The first kappa shape index (κ1) is 16.4. The van der Waals surface area contributed by atoms with Gasteiger partial charge in [0.15, 0.2) is 6.10 Å². The van der Waals surface area contributed by atoms with Crippen LogP contribution in [-0.4, -0.2) is 35.3 Å². The molecule has 0 fully saturated rings. The molecule has 1 atom stereocenters. The highest BCUT2D eigenvalue weighted by atomic mass is 79.9. The Morgan fingerprint density at radius 3 is 2.80 bits per heavy atom. The summed E-state index contributed by atoms with van der Waals surface area (Å²) in [6, 6.07) is 4.13. The van der Waals surface area contributed by atoms with E-state index in [1.54, 1.807) is 6.92 Å². The van der Waals surface area contributed by atoms with E-state index in [4.69, 9.17) is 14.6 Å². The zero-order valence-electron chi connectivity index (χ0n) is 10.7. The average Bonchev–Trinajstić information content (AvgIpc) is 2.39. The second kappa shape index (κ2) is 7.81. The van der Waals surface area contributed by atoms with Gasteiger partial charge in [-0.1, -0.05) is 0 Å². The fourth-order valence-corrected chi connectivity index (χ4v) is 1.83. The Morgan fingerprint density at radius 2 is 2.25 bits per heavy atom. The lowest BCUT2D eigenvalue weighted by atomic mass is 10.2. The second-order valence-corrected chi connectivity index (χ2v) is 4.65. The number of carboxylic acid groups (broad SMARTS) is 1. The molecule has 1 aromatic carbocycles. The SMILES string of the molecule is CCOC(CCOc1cc([N+](=O)[O-])ccc1Br)C(=O)O. The Balaban J connectivity index is 2.63. The van der Waals surface area contributed by atoms with Gasteiger partial charge >= 0.3 is 5.97 Å². The van der Waals surface area contributed by atoms with Gasteiger partial charge in [0.1, 0.15) is 5.75 Å². The molecule has 20 heavy (non-hydrogen) atoms. The van der Waals surface area contributed by atoms with Gasteiger partial charge in [0.2, 0.25) is 0 Å². The maximum atomic E-state index is 10.9. The third kappa shape index (κ3) is 4.78. The molecule has 0 saturated heterocycles. The zero-order valence-corrected chi connectivity index (χ0v) is 12.3. The van der Waals surface area contributed by atoms with Crippen molar-refractivity contribution in [2.24, 2.45) is 0 Å². The van der Waals surface area contributed by atoms with Crippen molar-refractivity contribution in [1.29, 1.82) is 0 Å². The summed E-state index contributed by atoms with van der Waals surface area (Å²) in [5.41, 5.74) is -0.0946. The van der Waals surface area contributed by atoms with Gasteiger partial charge in [-0.05, 0) is 28.9 Å². The molecule has 1 unspecified atom stereocenters. The normalized spacial score (nSPS) is 11.9. The van der Waals surface area contributed by atoms with E-state index in [0.29, 0.717) is 10.2 Å². The molecule has 1 N–H and O–H groups in total. The maximum Gasteiger partial charge on any atom is 0.332 e. The molecule has 0 spiro atoms. The van der Waals surface area contributed by atoms with Crippen molar-refractivity contribution in [3.63, 3.8) is 0 Å². The number of carbonyl (C=O) groups is 1.